The van der Waals surface area contributed by atoms with Crippen LogP contribution >= 0.6 is 45.8 Å². The van der Waals surface area contributed by atoms with Gasteiger partial charge in [0.05, 0.1) is 10.0 Å². The van der Waals surface area contributed by atoms with Crippen LogP contribution in [0.2, 0.25) is 10.0 Å². The molecule has 2 amide bonds. The molecule has 124 valence electrons. The van der Waals surface area contributed by atoms with E-state index in [1.165, 1.54) is 6.08 Å². The molecule has 1 aliphatic rings. The molecule has 0 aliphatic carbocycles. The van der Waals surface area contributed by atoms with Gasteiger partial charge in [-0.25, -0.2) is 0 Å². The molecular weight excluding hydrogens is 450 g/mol. The summed E-state index contributed by atoms with van der Waals surface area (Å²) >= 11 is 14.2. The number of benzene rings is 1. The Balaban J connectivity index is 1.83. The van der Waals surface area contributed by atoms with Crippen molar-refractivity contribution in [3.63, 3.8) is 0 Å². The predicted molar refractivity (Wildman–Crippen MR) is 101 cm³/mol. The standard InChI is InChI=1S/C16H17Cl2IN2O2/c1-2-16(23)21-6-5-11(9-21)20-15(22)4-3-10-7-12(17)13(18)8-14(10)19/h2,7-8,11H,1,3-6,9H2,(H,20,22)/t11-/m0/s1. The van der Waals surface area contributed by atoms with E-state index < -0.39 is 0 Å². The van der Waals surface area contributed by atoms with Crippen LogP contribution in [0.1, 0.15) is 18.4 Å². The topological polar surface area (TPSA) is 49.4 Å². The fourth-order valence-electron chi connectivity index (χ4n) is 2.51. The maximum Gasteiger partial charge on any atom is 0.246 e. The normalized spacial score (nSPS) is 17.2. The molecule has 1 fully saturated rings. The first kappa shape index (κ1) is 18.5. The van der Waals surface area contributed by atoms with Crippen LogP contribution in [0.5, 0.6) is 0 Å². The number of nitrogens with one attached hydrogen (secondary N) is 1. The summed E-state index contributed by atoms with van der Waals surface area (Å²) in [5.74, 6) is -0.114. The summed E-state index contributed by atoms with van der Waals surface area (Å²) < 4.78 is 0.994. The number of likely N-dealkylation sites (tertiary alicyclic amines) is 1. The van der Waals surface area contributed by atoms with Crippen LogP contribution in [-0.2, 0) is 16.0 Å². The summed E-state index contributed by atoms with van der Waals surface area (Å²) in [4.78, 5) is 25.3. The molecule has 1 N–H and O–H groups in total. The van der Waals surface area contributed by atoms with Crippen molar-refractivity contribution in [3.05, 3.63) is 44.0 Å². The summed E-state index contributed by atoms with van der Waals surface area (Å²) in [6.07, 6.45) is 3.05. The number of hydrogen-bond acceptors (Lipinski definition) is 2. The number of aryl methyl sites for hydroxylation is 1. The van der Waals surface area contributed by atoms with Crippen molar-refractivity contribution < 1.29 is 9.59 Å². The molecule has 0 unspecified atom stereocenters. The van der Waals surface area contributed by atoms with E-state index in [0.717, 1.165) is 15.6 Å². The lowest BCUT2D eigenvalue weighted by Gasteiger charge is -2.15. The van der Waals surface area contributed by atoms with Crippen LogP contribution in [0.15, 0.2) is 24.8 Å². The fraction of sp³-hybridized carbons (Fsp3) is 0.375. The van der Waals surface area contributed by atoms with Crippen LogP contribution in [-0.4, -0.2) is 35.8 Å². The fourth-order valence-corrected chi connectivity index (χ4v) is 3.78. The number of carbonyl (C=O) groups excluding carboxylic acids is 2. The van der Waals surface area contributed by atoms with Crippen LogP contribution in [0.25, 0.3) is 0 Å². The SMILES string of the molecule is C=CC(=O)N1CC[C@H](NC(=O)CCc2cc(Cl)c(Cl)cc2I)C1. The Kier molecular flexibility index (Phi) is 6.73. The number of halogens is 3. The largest absolute Gasteiger partial charge is 0.352 e. The molecule has 1 aromatic carbocycles. The van der Waals surface area contributed by atoms with Gasteiger partial charge in [-0.05, 0) is 59.2 Å². The van der Waals surface area contributed by atoms with Crippen molar-refractivity contribution in [2.24, 2.45) is 0 Å². The van der Waals surface area contributed by atoms with Gasteiger partial charge in [0.2, 0.25) is 11.8 Å². The van der Waals surface area contributed by atoms with E-state index in [4.69, 9.17) is 23.2 Å². The minimum atomic E-state index is -0.0906. The van der Waals surface area contributed by atoms with Gasteiger partial charge in [0.25, 0.3) is 0 Å². The van der Waals surface area contributed by atoms with Gasteiger partial charge in [0.1, 0.15) is 0 Å². The van der Waals surface area contributed by atoms with Gasteiger partial charge in [0.15, 0.2) is 0 Å². The van der Waals surface area contributed by atoms with E-state index in [0.29, 0.717) is 36.0 Å². The number of nitrogens with zero attached hydrogens (tertiary/aromatic N) is 1. The van der Waals surface area contributed by atoms with Gasteiger partial charge in [-0.2, -0.15) is 0 Å². The molecule has 1 aliphatic heterocycles. The number of amides is 2. The lowest BCUT2D eigenvalue weighted by molar-refractivity contribution is -0.126. The summed E-state index contributed by atoms with van der Waals surface area (Å²) in [6.45, 7) is 4.67. The number of hydrogen-bond donors (Lipinski definition) is 1. The molecule has 0 aromatic heterocycles. The first-order valence-electron chi connectivity index (χ1n) is 7.25. The third kappa shape index (κ3) is 5.09. The highest BCUT2D eigenvalue weighted by Gasteiger charge is 2.25. The molecule has 1 aromatic rings. The van der Waals surface area contributed by atoms with Crippen molar-refractivity contribution in [1.82, 2.24) is 10.2 Å². The van der Waals surface area contributed by atoms with E-state index in [9.17, 15) is 9.59 Å². The maximum absolute atomic E-state index is 12.1. The molecule has 1 atom stereocenters. The molecular formula is C16H17Cl2IN2O2. The molecule has 0 saturated carbocycles. The first-order valence-corrected chi connectivity index (χ1v) is 9.08. The maximum atomic E-state index is 12.1. The second-order valence-corrected chi connectivity index (χ2v) is 7.38. The Bertz CT molecular complexity index is 637. The highest BCUT2D eigenvalue weighted by molar-refractivity contribution is 14.1. The van der Waals surface area contributed by atoms with Gasteiger partial charge in [-0.1, -0.05) is 29.8 Å². The molecule has 0 spiro atoms. The zero-order valence-corrected chi connectivity index (χ0v) is 16.1. The summed E-state index contributed by atoms with van der Waals surface area (Å²) in [5, 5.41) is 3.99. The van der Waals surface area contributed by atoms with Crippen LogP contribution in [0.4, 0.5) is 0 Å². The Morgan fingerprint density at radius 2 is 2.09 bits per heavy atom. The van der Waals surface area contributed by atoms with Crippen molar-refractivity contribution in [3.8, 4) is 0 Å². The molecule has 23 heavy (non-hydrogen) atoms. The van der Waals surface area contributed by atoms with E-state index >= 15 is 0 Å². The highest BCUT2D eigenvalue weighted by Crippen LogP contribution is 2.27. The summed E-state index contributed by atoms with van der Waals surface area (Å²) in [5.41, 5.74) is 1.00. The molecule has 4 nitrogen and oxygen atoms in total. The van der Waals surface area contributed by atoms with Crippen molar-refractivity contribution in [1.29, 1.82) is 0 Å². The molecule has 7 heteroatoms. The molecule has 0 bridgehead atoms. The van der Waals surface area contributed by atoms with E-state index in [1.807, 2.05) is 0 Å². The van der Waals surface area contributed by atoms with Crippen molar-refractivity contribution in [2.75, 3.05) is 13.1 Å². The van der Waals surface area contributed by atoms with E-state index in [-0.39, 0.29) is 17.9 Å². The average molecular weight is 467 g/mol. The van der Waals surface area contributed by atoms with Gasteiger partial charge in [-0.3, -0.25) is 9.59 Å². The number of rotatable bonds is 5. The monoisotopic (exact) mass is 466 g/mol. The lowest BCUT2D eigenvalue weighted by Crippen LogP contribution is -2.38. The molecule has 0 radical (unpaired) electrons. The third-order valence-corrected chi connectivity index (χ3v) is 5.48. The second-order valence-electron chi connectivity index (χ2n) is 5.40. The zero-order chi connectivity index (χ0) is 17.0. The first-order chi connectivity index (χ1) is 10.9. The van der Waals surface area contributed by atoms with Gasteiger partial charge >= 0.3 is 0 Å². The average Bonchev–Trinajstić information content (AvgIpc) is 2.97. The van der Waals surface area contributed by atoms with Crippen LogP contribution < -0.4 is 5.32 Å². The van der Waals surface area contributed by atoms with E-state index in [1.54, 1.807) is 17.0 Å². The lowest BCUT2D eigenvalue weighted by atomic mass is 10.1. The third-order valence-electron chi connectivity index (χ3n) is 3.75. The minimum Gasteiger partial charge on any atom is -0.352 e. The summed E-state index contributed by atoms with van der Waals surface area (Å²) in [6, 6.07) is 3.62. The van der Waals surface area contributed by atoms with Crippen LogP contribution in [0.3, 0.4) is 0 Å². The Morgan fingerprint density at radius 3 is 2.78 bits per heavy atom. The van der Waals surface area contributed by atoms with Gasteiger partial charge in [0, 0.05) is 29.1 Å². The Hall–Kier alpha value is -0.790. The quantitative estimate of drug-likeness (QED) is 0.410. The number of carbonyl (C=O) groups is 2. The summed E-state index contributed by atoms with van der Waals surface area (Å²) in [7, 11) is 0. The highest BCUT2D eigenvalue weighted by atomic mass is 127. The molecule has 1 heterocycles. The van der Waals surface area contributed by atoms with E-state index in [2.05, 4.69) is 34.5 Å². The van der Waals surface area contributed by atoms with Crippen LogP contribution in [0, 0.1) is 3.57 Å². The van der Waals surface area contributed by atoms with Gasteiger partial charge in [-0.15, -0.1) is 0 Å². The minimum absolute atomic E-state index is 0.0132. The second kappa shape index (κ2) is 8.35. The smallest absolute Gasteiger partial charge is 0.246 e. The van der Waals surface area contributed by atoms with Crippen molar-refractivity contribution >= 4 is 57.6 Å². The molecule has 2 rings (SSSR count). The zero-order valence-electron chi connectivity index (χ0n) is 12.4. The predicted octanol–water partition coefficient (Wildman–Crippen LogP) is 3.43. The molecule has 1 saturated heterocycles. The van der Waals surface area contributed by atoms with Gasteiger partial charge < -0.3 is 10.2 Å². The Morgan fingerprint density at radius 1 is 1.39 bits per heavy atom. The Labute approximate surface area is 159 Å². The van der Waals surface area contributed by atoms with Crippen molar-refractivity contribution in [2.45, 2.75) is 25.3 Å².